The van der Waals surface area contributed by atoms with E-state index in [1.165, 1.54) is 6.26 Å². The number of halogens is 1. The van der Waals surface area contributed by atoms with Gasteiger partial charge in [-0.1, -0.05) is 42.8 Å². The topological polar surface area (TPSA) is 54.5 Å². The number of hydrogen-bond acceptors (Lipinski definition) is 3. The molecule has 136 valence electrons. The maximum Gasteiger partial charge on any atom is 0.255 e. The van der Waals surface area contributed by atoms with Crippen LogP contribution in [0.2, 0.25) is 5.02 Å². The maximum absolute atomic E-state index is 13.0. The van der Waals surface area contributed by atoms with E-state index >= 15 is 0 Å². The van der Waals surface area contributed by atoms with Gasteiger partial charge in [-0.25, -0.2) is 8.42 Å². The molecule has 0 aliphatic carbocycles. The van der Waals surface area contributed by atoms with Gasteiger partial charge in [0.15, 0.2) is 9.84 Å². The zero-order valence-electron chi connectivity index (χ0n) is 14.7. The van der Waals surface area contributed by atoms with E-state index in [0.717, 1.165) is 23.1 Å². The monoisotopic (exact) mass is 389 g/mol. The Morgan fingerprint density at radius 1 is 1.08 bits per heavy atom. The van der Waals surface area contributed by atoms with Gasteiger partial charge in [0, 0.05) is 24.4 Å². The van der Waals surface area contributed by atoms with Gasteiger partial charge >= 0.3 is 0 Å². The van der Waals surface area contributed by atoms with E-state index in [0.29, 0.717) is 23.7 Å². The zero-order chi connectivity index (χ0) is 18.9. The Bertz CT molecular complexity index is 978. The second-order valence-corrected chi connectivity index (χ2v) is 8.84. The summed E-state index contributed by atoms with van der Waals surface area (Å²) >= 11 is 6.13. The summed E-state index contributed by atoms with van der Waals surface area (Å²) in [5.74, 6) is -0.0334. The summed E-state index contributed by atoms with van der Waals surface area (Å²) in [6, 6.07) is 13.9. The van der Waals surface area contributed by atoms with Gasteiger partial charge < -0.3 is 4.90 Å². The van der Waals surface area contributed by atoms with Crippen molar-refractivity contribution in [3.63, 3.8) is 0 Å². The largest absolute Gasteiger partial charge is 0.334 e. The molecule has 2 aromatic rings. The van der Waals surface area contributed by atoms with Crippen molar-refractivity contribution in [1.82, 2.24) is 4.90 Å². The van der Waals surface area contributed by atoms with Crippen molar-refractivity contribution in [2.24, 2.45) is 0 Å². The van der Waals surface area contributed by atoms with Crippen LogP contribution in [0.5, 0.6) is 0 Å². The van der Waals surface area contributed by atoms with Crippen molar-refractivity contribution in [1.29, 1.82) is 0 Å². The minimum atomic E-state index is -3.28. The summed E-state index contributed by atoms with van der Waals surface area (Å²) in [6.45, 7) is 3.23. The third-order valence-corrected chi connectivity index (χ3v) is 5.75. The molecule has 4 nitrogen and oxygen atoms in total. The molecule has 1 amide bonds. The average Bonchev–Trinajstić information content (AvgIpc) is 2.91. The normalized spacial score (nSPS) is 15.0. The van der Waals surface area contributed by atoms with Crippen molar-refractivity contribution in [3.8, 4) is 0 Å². The molecule has 26 heavy (non-hydrogen) atoms. The number of sulfone groups is 1. The molecule has 0 fully saturated rings. The number of rotatable bonds is 5. The van der Waals surface area contributed by atoms with Gasteiger partial charge in [-0.3, -0.25) is 4.79 Å². The van der Waals surface area contributed by atoms with E-state index in [1.54, 1.807) is 30.3 Å². The third kappa shape index (κ3) is 3.69. The fraction of sp³-hybridized carbons (Fsp3) is 0.250. The van der Waals surface area contributed by atoms with Gasteiger partial charge in [0.2, 0.25) is 0 Å². The highest BCUT2D eigenvalue weighted by atomic mass is 35.5. The molecule has 0 bridgehead atoms. The summed E-state index contributed by atoms with van der Waals surface area (Å²) in [7, 11) is -3.28. The summed E-state index contributed by atoms with van der Waals surface area (Å²) in [5, 5.41) is 0.614. The van der Waals surface area contributed by atoms with Crippen molar-refractivity contribution < 1.29 is 13.2 Å². The Hall–Kier alpha value is -2.11. The molecule has 0 spiro atoms. The van der Waals surface area contributed by atoms with Crippen LogP contribution in [0.15, 0.2) is 53.4 Å². The van der Waals surface area contributed by atoms with Crippen LogP contribution in [0.3, 0.4) is 0 Å². The van der Waals surface area contributed by atoms with E-state index in [9.17, 15) is 13.2 Å². The van der Waals surface area contributed by atoms with Gasteiger partial charge in [-0.15, -0.1) is 0 Å². The molecule has 0 radical (unpaired) electrons. The van der Waals surface area contributed by atoms with Crippen LogP contribution < -0.4 is 0 Å². The molecule has 0 saturated carbocycles. The lowest BCUT2D eigenvalue weighted by Gasteiger charge is -2.15. The summed E-state index contributed by atoms with van der Waals surface area (Å²) in [5.41, 5.74) is 3.15. The lowest BCUT2D eigenvalue weighted by molar-refractivity contribution is -0.123. The van der Waals surface area contributed by atoms with Crippen LogP contribution in [0, 0.1) is 0 Å². The molecule has 1 heterocycles. The molecular weight excluding hydrogens is 370 g/mol. The minimum absolute atomic E-state index is 0.0334. The number of hydrogen-bond donors (Lipinski definition) is 0. The van der Waals surface area contributed by atoms with E-state index < -0.39 is 9.84 Å². The Balaban J connectivity index is 2.11. The highest BCUT2D eigenvalue weighted by molar-refractivity contribution is 7.90. The standard InChI is InChI=1S/C20H20ClNO3S/c1-3-11-22-13-18(15-5-4-6-16(21)12-15)19(20(22)23)14-7-9-17(10-8-14)26(2,24)25/h4-10,12H,3,11,13H2,1-2H3. The van der Waals surface area contributed by atoms with Gasteiger partial charge in [0.05, 0.1) is 10.5 Å². The third-order valence-electron chi connectivity index (χ3n) is 4.39. The van der Waals surface area contributed by atoms with Crippen molar-refractivity contribution in [3.05, 3.63) is 64.7 Å². The number of carbonyl (C=O) groups is 1. The first-order chi connectivity index (χ1) is 12.3. The van der Waals surface area contributed by atoms with E-state index in [-0.39, 0.29) is 10.8 Å². The quantitative estimate of drug-likeness (QED) is 0.779. The molecule has 6 heteroatoms. The molecule has 0 aromatic heterocycles. The molecule has 1 aliphatic heterocycles. The summed E-state index contributed by atoms with van der Waals surface area (Å²) < 4.78 is 23.4. The fourth-order valence-corrected chi connectivity index (χ4v) is 3.98. The molecular formula is C20H20ClNO3S. The first kappa shape index (κ1) is 18.7. The molecule has 0 atom stereocenters. The Kier molecular flexibility index (Phi) is 5.21. The lowest BCUT2D eigenvalue weighted by Crippen LogP contribution is -2.27. The Morgan fingerprint density at radius 3 is 2.35 bits per heavy atom. The molecule has 2 aromatic carbocycles. The summed E-state index contributed by atoms with van der Waals surface area (Å²) in [4.78, 5) is 15.0. The van der Waals surface area contributed by atoms with Gasteiger partial charge in [0.1, 0.15) is 0 Å². The van der Waals surface area contributed by atoms with Crippen molar-refractivity contribution in [2.75, 3.05) is 19.3 Å². The molecule has 1 aliphatic rings. The second-order valence-electron chi connectivity index (χ2n) is 6.39. The zero-order valence-corrected chi connectivity index (χ0v) is 16.3. The number of carbonyl (C=O) groups excluding carboxylic acids is 1. The summed E-state index contributed by atoms with van der Waals surface area (Å²) in [6.07, 6.45) is 2.04. The minimum Gasteiger partial charge on any atom is -0.334 e. The fourth-order valence-electron chi connectivity index (χ4n) is 3.16. The van der Waals surface area contributed by atoms with Crippen LogP contribution in [0.25, 0.3) is 11.1 Å². The predicted octanol–water partition coefficient (Wildman–Crippen LogP) is 3.91. The number of nitrogens with zero attached hydrogens (tertiary/aromatic N) is 1. The molecule has 0 N–H and O–H groups in total. The van der Waals surface area contributed by atoms with E-state index in [2.05, 4.69) is 0 Å². The Morgan fingerprint density at radius 2 is 1.77 bits per heavy atom. The highest BCUT2D eigenvalue weighted by Crippen LogP contribution is 2.35. The first-order valence-electron chi connectivity index (χ1n) is 8.40. The molecule has 0 saturated heterocycles. The number of benzene rings is 2. The average molecular weight is 390 g/mol. The first-order valence-corrected chi connectivity index (χ1v) is 10.7. The second kappa shape index (κ2) is 7.25. The predicted molar refractivity (Wildman–Crippen MR) is 105 cm³/mol. The van der Waals surface area contributed by atoms with Gasteiger partial charge in [0.25, 0.3) is 5.91 Å². The lowest BCUT2D eigenvalue weighted by atomic mass is 9.97. The maximum atomic E-state index is 13.0. The van der Waals surface area contributed by atoms with Crippen molar-refractivity contribution >= 4 is 38.5 Å². The SMILES string of the molecule is CCCN1CC(c2cccc(Cl)c2)=C(c2ccc(S(C)(=O)=O)cc2)C1=O. The van der Waals surface area contributed by atoms with Crippen LogP contribution in [0.1, 0.15) is 24.5 Å². The van der Waals surface area contributed by atoms with Crippen molar-refractivity contribution in [2.45, 2.75) is 18.2 Å². The Labute approximate surface area is 159 Å². The highest BCUT2D eigenvalue weighted by Gasteiger charge is 2.31. The van der Waals surface area contributed by atoms with Crippen LogP contribution in [0.4, 0.5) is 0 Å². The van der Waals surface area contributed by atoms with E-state index in [4.69, 9.17) is 11.6 Å². The van der Waals surface area contributed by atoms with Crippen LogP contribution >= 0.6 is 11.6 Å². The molecule has 3 rings (SSSR count). The number of amides is 1. The van der Waals surface area contributed by atoms with Gasteiger partial charge in [-0.2, -0.15) is 0 Å². The van der Waals surface area contributed by atoms with Crippen LogP contribution in [-0.4, -0.2) is 38.6 Å². The van der Waals surface area contributed by atoms with E-state index in [1.807, 2.05) is 30.0 Å². The smallest absolute Gasteiger partial charge is 0.255 e. The van der Waals surface area contributed by atoms with Gasteiger partial charge in [-0.05, 0) is 47.4 Å². The molecule has 0 unspecified atom stereocenters. The van der Waals surface area contributed by atoms with Crippen LogP contribution in [-0.2, 0) is 14.6 Å².